The Morgan fingerprint density at radius 2 is 1.91 bits per heavy atom. The van der Waals surface area contributed by atoms with E-state index in [-0.39, 0.29) is 0 Å². The van der Waals surface area contributed by atoms with Crippen molar-refractivity contribution in [2.75, 3.05) is 0 Å². The zero-order chi connectivity index (χ0) is 16.0. The number of benzene rings is 1. The van der Waals surface area contributed by atoms with Gasteiger partial charge in [-0.05, 0) is 36.6 Å². The lowest BCUT2D eigenvalue weighted by Crippen LogP contribution is -2.09. The van der Waals surface area contributed by atoms with Gasteiger partial charge < -0.3 is 9.13 Å². The first-order valence-electron chi connectivity index (χ1n) is 8.00. The molecule has 3 aromatic rings. The Kier molecular flexibility index (Phi) is 3.85. The second-order valence-corrected chi connectivity index (χ2v) is 7.43. The number of hydrogen-bond acceptors (Lipinski definition) is 2. The largest absolute Gasteiger partial charge is 0.328 e. The summed E-state index contributed by atoms with van der Waals surface area (Å²) < 4.78 is 6.44. The number of rotatable bonds is 1. The fourth-order valence-electron chi connectivity index (χ4n) is 3.38. The second-order valence-electron chi connectivity index (χ2n) is 6.13. The van der Waals surface area contributed by atoms with E-state index in [0.717, 1.165) is 44.6 Å². The van der Waals surface area contributed by atoms with E-state index in [0.29, 0.717) is 0 Å². The topological polar surface area (TPSA) is 22.8 Å². The molecule has 118 valence electrons. The molecule has 2 aromatic heterocycles. The molecule has 0 spiro atoms. The highest BCUT2D eigenvalue weighted by molar-refractivity contribution is 9.10. The van der Waals surface area contributed by atoms with E-state index in [9.17, 15) is 0 Å². The average Bonchev–Trinajstić information content (AvgIpc) is 2.73. The van der Waals surface area contributed by atoms with E-state index < -0.39 is 0 Å². The zero-order valence-corrected chi connectivity index (χ0v) is 15.5. The van der Waals surface area contributed by atoms with Crippen LogP contribution in [0.5, 0.6) is 0 Å². The molecule has 4 rings (SSSR count). The lowest BCUT2D eigenvalue weighted by molar-refractivity contribution is 0.622. The van der Waals surface area contributed by atoms with Crippen LogP contribution in [0.2, 0.25) is 0 Å². The van der Waals surface area contributed by atoms with Crippen LogP contribution in [0.1, 0.15) is 25.1 Å². The number of aryl methyl sites for hydroxylation is 2. The Bertz CT molecular complexity index is 938. The molecule has 0 unspecified atom stereocenters. The van der Waals surface area contributed by atoms with Gasteiger partial charge in [-0.2, -0.15) is 0 Å². The Morgan fingerprint density at radius 3 is 2.70 bits per heavy atom. The molecule has 0 aliphatic carbocycles. The number of fused-ring (bicyclic) bond motifs is 2. The molecule has 3 nitrogen and oxygen atoms in total. The van der Waals surface area contributed by atoms with Crippen molar-refractivity contribution in [3.8, 4) is 11.3 Å². The highest BCUT2D eigenvalue weighted by Crippen LogP contribution is 2.29. The summed E-state index contributed by atoms with van der Waals surface area (Å²) in [6.45, 7) is 1.000. The van der Waals surface area contributed by atoms with Gasteiger partial charge in [0, 0.05) is 24.5 Å². The van der Waals surface area contributed by atoms with Crippen molar-refractivity contribution in [2.24, 2.45) is 7.05 Å². The van der Waals surface area contributed by atoms with Gasteiger partial charge in [0.2, 0.25) is 0 Å². The summed E-state index contributed by atoms with van der Waals surface area (Å²) in [6, 6.07) is 10.6. The molecule has 5 heteroatoms. The Hall–Kier alpha value is -1.46. The maximum Gasteiger partial charge on any atom is 0.145 e. The fourth-order valence-corrected chi connectivity index (χ4v) is 3.99. The smallest absolute Gasteiger partial charge is 0.145 e. The Labute approximate surface area is 149 Å². The Morgan fingerprint density at radius 1 is 1.13 bits per heavy atom. The van der Waals surface area contributed by atoms with E-state index in [2.05, 4.69) is 62.4 Å². The average molecular weight is 388 g/mol. The zero-order valence-electron chi connectivity index (χ0n) is 13.1. The van der Waals surface area contributed by atoms with Crippen LogP contribution >= 0.6 is 28.1 Å². The predicted octanol–water partition coefficient (Wildman–Crippen LogP) is 5.26. The number of halogens is 1. The molecule has 0 radical (unpaired) electrons. The number of aromatic nitrogens is 3. The van der Waals surface area contributed by atoms with Gasteiger partial charge in [-0.3, -0.25) is 0 Å². The van der Waals surface area contributed by atoms with Crippen LogP contribution in [0.4, 0.5) is 0 Å². The van der Waals surface area contributed by atoms with Gasteiger partial charge in [-0.1, -0.05) is 46.7 Å². The van der Waals surface area contributed by atoms with Gasteiger partial charge in [0.15, 0.2) is 0 Å². The SMILES string of the molecule is Cn1c(-c2ccc(Br)cc2)cc2c(=S)n3c(nc21)CCCCC3. The third-order valence-electron chi connectivity index (χ3n) is 4.65. The second kappa shape index (κ2) is 5.87. The molecule has 0 saturated heterocycles. The molecule has 0 amide bonds. The van der Waals surface area contributed by atoms with Crippen LogP contribution in [0.3, 0.4) is 0 Å². The van der Waals surface area contributed by atoms with Crippen molar-refractivity contribution in [1.29, 1.82) is 0 Å². The van der Waals surface area contributed by atoms with Crippen molar-refractivity contribution in [1.82, 2.24) is 14.1 Å². The van der Waals surface area contributed by atoms with E-state index in [1.54, 1.807) is 0 Å². The molecule has 0 saturated carbocycles. The molecule has 0 atom stereocenters. The quantitative estimate of drug-likeness (QED) is 0.531. The molecule has 1 aliphatic rings. The normalized spacial score (nSPS) is 14.7. The number of nitrogens with zero attached hydrogens (tertiary/aromatic N) is 3. The molecule has 0 fully saturated rings. The minimum absolute atomic E-state index is 0.936. The molecule has 0 bridgehead atoms. The van der Waals surface area contributed by atoms with Crippen LogP contribution in [0.15, 0.2) is 34.8 Å². The van der Waals surface area contributed by atoms with Gasteiger partial charge in [0.05, 0.1) is 11.1 Å². The van der Waals surface area contributed by atoms with Crippen LogP contribution in [-0.4, -0.2) is 14.1 Å². The summed E-state index contributed by atoms with van der Waals surface area (Å²) in [5.41, 5.74) is 3.34. The summed E-state index contributed by atoms with van der Waals surface area (Å²) in [4.78, 5) is 4.95. The van der Waals surface area contributed by atoms with E-state index in [1.807, 2.05) is 0 Å². The summed E-state index contributed by atoms with van der Waals surface area (Å²) >= 11 is 9.28. The maximum atomic E-state index is 5.79. The Balaban J connectivity index is 1.96. The lowest BCUT2D eigenvalue weighted by Gasteiger charge is -2.10. The van der Waals surface area contributed by atoms with Gasteiger partial charge >= 0.3 is 0 Å². The highest BCUT2D eigenvalue weighted by Gasteiger charge is 2.16. The summed E-state index contributed by atoms with van der Waals surface area (Å²) in [7, 11) is 2.08. The molecule has 1 aromatic carbocycles. The van der Waals surface area contributed by atoms with E-state index in [1.165, 1.54) is 24.8 Å². The van der Waals surface area contributed by atoms with Crippen molar-refractivity contribution in [3.05, 3.63) is 45.3 Å². The van der Waals surface area contributed by atoms with Crippen molar-refractivity contribution in [2.45, 2.75) is 32.2 Å². The van der Waals surface area contributed by atoms with Crippen LogP contribution in [0, 0.1) is 4.64 Å². The molecular formula is C18H18BrN3S. The molecule has 23 heavy (non-hydrogen) atoms. The first kappa shape index (κ1) is 15.1. The third kappa shape index (κ3) is 2.56. The van der Waals surface area contributed by atoms with Gasteiger partial charge in [-0.25, -0.2) is 4.98 Å². The van der Waals surface area contributed by atoms with Gasteiger partial charge in [-0.15, -0.1) is 0 Å². The minimum Gasteiger partial charge on any atom is -0.328 e. The summed E-state index contributed by atoms with van der Waals surface area (Å²) in [5.74, 6) is 1.14. The van der Waals surface area contributed by atoms with E-state index >= 15 is 0 Å². The first-order valence-corrected chi connectivity index (χ1v) is 9.20. The molecule has 0 N–H and O–H groups in total. The van der Waals surface area contributed by atoms with E-state index in [4.69, 9.17) is 17.2 Å². The summed E-state index contributed by atoms with van der Waals surface area (Å²) in [5, 5.41) is 1.09. The van der Waals surface area contributed by atoms with Crippen molar-refractivity contribution in [3.63, 3.8) is 0 Å². The van der Waals surface area contributed by atoms with Crippen molar-refractivity contribution >= 4 is 39.2 Å². The number of hydrogen-bond donors (Lipinski definition) is 0. The molecule has 3 heterocycles. The molecular weight excluding hydrogens is 370 g/mol. The van der Waals surface area contributed by atoms with Crippen LogP contribution in [-0.2, 0) is 20.0 Å². The van der Waals surface area contributed by atoms with Crippen LogP contribution in [0.25, 0.3) is 22.3 Å². The predicted molar refractivity (Wildman–Crippen MR) is 100 cm³/mol. The van der Waals surface area contributed by atoms with Gasteiger partial charge in [0.25, 0.3) is 0 Å². The lowest BCUT2D eigenvalue weighted by atomic mass is 10.1. The third-order valence-corrected chi connectivity index (χ3v) is 5.61. The van der Waals surface area contributed by atoms with Gasteiger partial charge in [0.1, 0.15) is 16.1 Å². The highest BCUT2D eigenvalue weighted by atomic mass is 79.9. The fraction of sp³-hybridized carbons (Fsp3) is 0.333. The monoisotopic (exact) mass is 387 g/mol. The standard InChI is InChI=1S/C18H18BrN3S/c1-21-15(12-6-8-13(19)9-7-12)11-14-17(21)20-16-5-3-2-4-10-22(16)18(14)23/h6-9,11H,2-5,10H2,1H3. The van der Waals surface area contributed by atoms with Crippen molar-refractivity contribution < 1.29 is 0 Å². The summed E-state index contributed by atoms with van der Waals surface area (Å²) in [6.07, 6.45) is 4.69. The van der Waals surface area contributed by atoms with Crippen LogP contribution < -0.4 is 0 Å². The first-order chi connectivity index (χ1) is 11.1. The maximum absolute atomic E-state index is 5.79. The molecule has 1 aliphatic heterocycles. The minimum atomic E-state index is 0.936.